The third-order valence-corrected chi connectivity index (χ3v) is 6.02. The molecular formula is C14H19ClN2O2S2. The molecule has 0 unspecified atom stereocenters. The molecule has 0 radical (unpaired) electrons. The third kappa shape index (κ3) is 3.94. The fraction of sp³-hybridized carbons (Fsp3) is 0.500. The van der Waals surface area contributed by atoms with Crippen LogP contribution in [0.4, 0.5) is 0 Å². The Labute approximate surface area is 136 Å². The second-order valence-electron chi connectivity index (χ2n) is 5.73. The van der Waals surface area contributed by atoms with Gasteiger partial charge in [0.1, 0.15) is 4.99 Å². The van der Waals surface area contributed by atoms with E-state index in [-0.39, 0.29) is 20.4 Å². The van der Waals surface area contributed by atoms with Crippen molar-refractivity contribution in [3.8, 4) is 0 Å². The van der Waals surface area contributed by atoms with Crippen molar-refractivity contribution in [2.45, 2.75) is 49.5 Å². The molecule has 3 N–H and O–H groups in total. The molecule has 21 heavy (non-hydrogen) atoms. The number of benzene rings is 1. The molecule has 0 saturated heterocycles. The number of sulfonamides is 1. The van der Waals surface area contributed by atoms with E-state index in [0.29, 0.717) is 5.56 Å². The fourth-order valence-electron chi connectivity index (χ4n) is 2.68. The highest BCUT2D eigenvalue weighted by molar-refractivity contribution is 7.89. The number of hydrogen-bond donors (Lipinski definition) is 2. The first-order chi connectivity index (χ1) is 9.73. The Morgan fingerprint density at radius 2 is 1.95 bits per heavy atom. The molecule has 116 valence electrons. The molecule has 0 atom stereocenters. The summed E-state index contributed by atoms with van der Waals surface area (Å²) in [6, 6.07) is 4.42. The number of nitrogens with one attached hydrogen (secondary N) is 1. The van der Waals surface area contributed by atoms with Crippen molar-refractivity contribution in [1.29, 1.82) is 0 Å². The summed E-state index contributed by atoms with van der Waals surface area (Å²) in [4.78, 5) is 0.287. The fourth-order valence-corrected chi connectivity index (χ4v) is 4.75. The monoisotopic (exact) mass is 346 g/mol. The van der Waals surface area contributed by atoms with Gasteiger partial charge in [0.2, 0.25) is 10.0 Å². The Balaban J connectivity index is 2.27. The van der Waals surface area contributed by atoms with Crippen molar-refractivity contribution in [3.05, 3.63) is 28.8 Å². The summed E-state index contributed by atoms with van der Waals surface area (Å²) in [6.07, 6.45) is 4.95. The van der Waals surface area contributed by atoms with Gasteiger partial charge in [0, 0.05) is 11.1 Å². The van der Waals surface area contributed by atoms with Crippen LogP contribution in [-0.2, 0) is 10.0 Å². The van der Waals surface area contributed by atoms with Gasteiger partial charge in [0.25, 0.3) is 0 Å². The Hall–Kier alpha value is -0.690. The lowest BCUT2D eigenvalue weighted by Crippen LogP contribution is -2.47. The number of hydrogen-bond acceptors (Lipinski definition) is 3. The molecule has 2 rings (SSSR count). The molecule has 1 aromatic carbocycles. The lowest BCUT2D eigenvalue weighted by Gasteiger charge is -2.34. The van der Waals surface area contributed by atoms with Crippen molar-refractivity contribution >= 4 is 38.8 Å². The molecule has 0 aliphatic heterocycles. The maximum atomic E-state index is 12.5. The molecule has 0 spiro atoms. The first-order valence-electron chi connectivity index (χ1n) is 6.87. The average molecular weight is 347 g/mol. The highest BCUT2D eigenvalue weighted by atomic mass is 35.5. The van der Waals surface area contributed by atoms with E-state index >= 15 is 0 Å². The van der Waals surface area contributed by atoms with Crippen molar-refractivity contribution < 1.29 is 8.42 Å². The summed E-state index contributed by atoms with van der Waals surface area (Å²) in [5.74, 6) is 0. The summed E-state index contributed by atoms with van der Waals surface area (Å²) in [7, 11) is -3.60. The number of nitrogens with two attached hydrogens (primary N) is 1. The zero-order valence-corrected chi connectivity index (χ0v) is 14.2. The predicted octanol–water partition coefficient (Wildman–Crippen LogP) is 2.98. The van der Waals surface area contributed by atoms with Crippen LogP contribution in [0.3, 0.4) is 0 Å². The van der Waals surface area contributed by atoms with Gasteiger partial charge in [-0.05, 0) is 38.0 Å². The molecule has 0 aromatic heterocycles. The van der Waals surface area contributed by atoms with E-state index in [0.717, 1.165) is 32.1 Å². The van der Waals surface area contributed by atoms with E-state index in [2.05, 4.69) is 4.72 Å². The van der Waals surface area contributed by atoms with E-state index in [4.69, 9.17) is 29.6 Å². The molecule has 4 nitrogen and oxygen atoms in total. The van der Waals surface area contributed by atoms with Crippen LogP contribution in [0.15, 0.2) is 23.1 Å². The van der Waals surface area contributed by atoms with Gasteiger partial charge in [-0.2, -0.15) is 0 Å². The maximum Gasteiger partial charge on any atom is 0.241 e. The van der Waals surface area contributed by atoms with Gasteiger partial charge in [-0.1, -0.05) is 43.1 Å². The van der Waals surface area contributed by atoms with Crippen LogP contribution in [0.1, 0.15) is 44.6 Å². The van der Waals surface area contributed by atoms with Crippen LogP contribution >= 0.6 is 23.8 Å². The molecule has 0 amide bonds. The molecule has 1 aliphatic carbocycles. The molecule has 1 aliphatic rings. The lowest BCUT2D eigenvalue weighted by atomic mass is 9.84. The largest absolute Gasteiger partial charge is 0.389 e. The maximum absolute atomic E-state index is 12.5. The minimum absolute atomic E-state index is 0.138. The standard InChI is InChI=1S/C14H19ClN2O2S2/c1-14(7-3-2-4-8-14)17-21(18,19)10-5-6-11(13(16)20)12(15)9-10/h5-6,9,17H,2-4,7-8H2,1H3,(H2,16,20). The molecule has 1 aromatic rings. The van der Waals surface area contributed by atoms with Gasteiger partial charge in [0.05, 0.1) is 9.92 Å². The van der Waals surface area contributed by atoms with Crippen LogP contribution in [-0.4, -0.2) is 18.9 Å². The van der Waals surface area contributed by atoms with Gasteiger partial charge >= 0.3 is 0 Å². The molecule has 0 heterocycles. The highest BCUT2D eigenvalue weighted by Gasteiger charge is 2.32. The summed E-state index contributed by atoms with van der Waals surface area (Å²) in [6.45, 7) is 1.95. The van der Waals surface area contributed by atoms with Crippen LogP contribution in [0.2, 0.25) is 5.02 Å². The Kier molecular flexibility index (Phi) is 4.92. The zero-order valence-electron chi connectivity index (χ0n) is 11.9. The number of halogens is 1. The summed E-state index contributed by atoms with van der Waals surface area (Å²) in [5, 5.41) is 0.249. The minimum Gasteiger partial charge on any atom is -0.389 e. The Bertz CT molecular complexity index is 653. The van der Waals surface area contributed by atoms with E-state index in [1.807, 2.05) is 6.92 Å². The number of thiocarbonyl (C=S) groups is 1. The van der Waals surface area contributed by atoms with E-state index < -0.39 is 10.0 Å². The minimum atomic E-state index is -3.60. The topological polar surface area (TPSA) is 72.2 Å². The normalized spacial score (nSPS) is 18.4. The first-order valence-corrected chi connectivity index (χ1v) is 9.14. The molecule has 7 heteroatoms. The van der Waals surface area contributed by atoms with Gasteiger partial charge in [-0.3, -0.25) is 0 Å². The Morgan fingerprint density at radius 1 is 1.33 bits per heavy atom. The van der Waals surface area contributed by atoms with Crippen molar-refractivity contribution in [2.24, 2.45) is 5.73 Å². The van der Waals surface area contributed by atoms with Crippen LogP contribution in [0.25, 0.3) is 0 Å². The second kappa shape index (κ2) is 6.20. The summed E-state index contributed by atoms with van der Waals surface area (Å²) >= 11 is 10.9. The molecule has 0 bridgehead atoms. The second-order valence-corrected chi connectivity index (χ2v) is 8.26. The Morgan fingerprint density at radius 3 is 2.48 bits per heavy atom. The van der Waals surface area contributed by atoms with E-state index in [1.165, 1.54) is 12.1 Å². The zero-order chi connectivity index (χ0) is 15.7. The molecule has 1 saturated carbocycles. The number of rotatable bonds is 4. The average Bonchev–Trinajstić information content (AvgIpc) is 2.37. The van der Waals surface area contributed by atoms with Crippen LogP contribution in [0.5, 0.6) is 0 Å². The van der Waals surface area contributed by atoms with Crippen molar-refractivity contribution in [1.82, 2.24) is 4.72 Å². The van der Waals surface area contributed by atoms with E-state index in [9.17, 15) is 8.42 Å². The third-order valence-electron chi connectivity index (χ3n) is 3.85. The predicted molar refractivity (Wildman–Crippen MR) is 89.2 cm³/mol. The smallest absolute Gasteiger partial charge is 0.241 e. The SMILES string of the molecule is CC1(NS(=O)(=O)c2ccc(C(N)=S)c(Cl)c2)CCCCC1. The highest BCUT2D eigenvalue weighted by Crippen LogP contribution is 2.30. The molecule has 1 fully saturated rings. The summed E-state index contributed by atoms with van der Waals surface area (Å²) < 4.78 is 27.8. The lowest BCUT2D eigenvalue weighted by molar-refractivity contribution is 0.294. The van der Waals surface area contributed by atoms with E-state index in [1.54, 1.807) is 6.07 Å². The van der Waals surface area contributed by atoms with Gasteiger partial charge in [0.15, 0.2) is 0 Å². The van der Waals surface area contributed by atoms with Crippen LogP contribution in [0, 0.1) is 0 Å². The van der Waals surface area contributed by atoms with Gasteiger partial charge in [-0.25, -0.2) is 13.1 Å². The van der Waals surface area contributed by atoms with Crippen molar-refractivity contribution in [2.75, 3.05) is 0 Å². The van der Waals surface area contributed by atoms with Gasteiger partial charge < -0.3 is 5.73 Å². The summed E-state index contributed by atoms with van der Waals surface area (Å²) in [5.41, 5.74) is 5.62. The first kappa shape index (κ1) is 16.7. The molecular weight excluding hydrogens is 328 g/mol. The quantitative estimate of drug-likeness (QED) is 0.822. The van der Waals surface area contributed by atoms with Gasteiger partial charge in [-0.15, -0.1) is 0 Å². The van der Waals surface area contributed by atoms with Crippen molar-refractivity contribution in [3.63, 3.8) is 0 Å². The van der Waals surface area contributed by atoms with Crippen LogP contribution < -0.4 is 10.5 Å².